The Morgan fingerprint density at radius 2 is 2.12 bits per heavy atom. The van der Waals surface area contributed by atoms with Gasteiger partial charge >= 0.3 is 5.69 Å². The Bertz CT molecular complexity index is 548. The van der Waals surface area contributed by atoms with Crippen LogP contribution < -0.4 is 11.4 Å². The summed E-state index contributed by atoms with van der Waals surface area (Å²) in [5.41, 5.74) is 6.22. The monoisotopic (exact) mass is 235 g/mol. The number of aryl methyl sites for hydroxylation is 2. The van der Waals surface area contributed by atoms with Crippen LogP contribution in [0.1, 0.15) is 19.9 Å². The lowest BCUT2D eigenvalue weighted by Crippen LogP contribution is -2.26. The Hall–Kier alpha value is -1.98. The molecule has 92 valence electrons. The maximum Gasteiger partial charge on any atom is 0.328 e. The summed E-state index contributed by atoms with van der Waals surface area (Å²) < 4.78 is 5.11. The highest BCUT2D eigenvalue weighted by Gasteiger charge is 2.05. The van der Waals surface area contributed by atoms with Gasteiger partial charge in [0, 0.05) is 31.2 Å². The van der Waals surface area contributed by atoms with E-state index >= 15 is 0 Å². The van der Waals surface area contributed by atoms with Crippen molar-refractivity contribution in [1.29, 1.82) is 0 Å². The van der Waals surface area contributed by atoms with Gasteiger partial charge in [0.2, 0.25) is 0 Å². The lowest BCUT2D eigenvalue weighted by atomic mass is 10.4. The van der Waals surface area contributed by atoms with Crippen LogP contribution in [0.4, 0.5) is 5.69 Å². The average Bonchev–Trinajstić information content (AvgIpc) is 2.82. The minimum atomic E-state index is 0.0140. The summed E-state index contributed by atoms with van der Waals surface area (Å²) in [7, 11) is 0. The van der Waals surface area contributed by atoms with Crippen LogP contribution in [0.15, 0.2) is 29.6 Å². The minimum absolute atomic E-state index is 0.0140. The molecule has 2 aromatic heterocycles. The molecule has 2 aromatic rings. The van der Waals surface area contributed by atoms with Gasteiger partial charge in [0.1, 0.15) is 0 Å². The Morgan fingerprint density at radius 3 is 2.65 bits per heavy atom. The van der Waals surface area contributed by atoms with Crippen LogP contribution in [0.2, 0.25) is 0 Å². The van der Waals surface area contributed by atoms with Crippen LogP contribution in [0.5, 0.6) is 0 Å². The number of aromatic nitrogens is 4. The van der Waals surface area contributed by atoms with Crippen LogP contribution in [-0.4, -0.2) is 18.9 Å². The first-order valence-corrected chi connectivity index (χ1v) is 5.63. The van der Waals surface area contributed by atoms with Gasteiger partial charge in [-0.3, -0.25) is 13.8 Å². The summed E-state index contributed by atoms with van der Waals surface area (Å²) in [5.74, 6) is 0. The van der Waals surface area contributed by atoms with Crippen molar-refractivity contribution >= 4 is 5.69 Å². The minimum Gasteiger partial charge on any atom is -0.396 e. The van der Waals surface area contributed by atoms with E-state index < -0.39 is 0 Å². The van der Waals surface area contributed by atoms with Gasteiger partial charge < -0.3 is 5.73 Å². The smallest absolute Gasteiger partial charge is 0.328 e. The van der Waals surface area contributed by atoms with E-state index in [0.717, 1.165) is 0 Å². The molecule has 0 aromatic carbocycles. The Labute approximate surface area is 99.3 Å². The number of nitrogen functional groups attached to an aromatic ring is 1. The summed E-state index contributed by atoms with van der Waals surface area (Å²) in [4.78, 5) is 11.9. The maximum absolute atomic E-state index is 11.9. The zero-order valence-electron chi connectivity index (χ0n) is 10.1. The van der Waals surface area contributed by atoms with Crippen molar-refractivity contribution in [2.45, 2.75) is 33.0 Å². The first-order chi connectivity index (χ1) is 8.08. The van der Waals surface area contributed by atoms with Crippen molar-refractivity contribution in [2.75, 3.05) is 5.73 Å². The number of nitrogens with two attached hydrogens (primary N) is 1. The van der Waals surface area contributed by atoms with E-state index in [0.29, 0.717) is 18.8 Å². The van der Waals surface area contributed by atoms with Crippen molar-refractivity contribution < 1.29 is 0 Å². The van der Waals surface area contributed by atoms with Crippen LogP contribution in [0.25, 0.3) is 0 Å². The first kappa shape index (κ1) is 11.5. The van der Waals surface area contributed by atoms with E-state index in [4.69, 9.17) is 5.73 Å². The fraction of sp³-hybridized carbons (Fsp3) is 0.455. The summed E-state index contributed by atoms with van der Waals surface area (Å²) in [6.07, 6.45) is 6.96. The molecular weight excluding hydrogens is 218 g/mol. The molecule has 0 spiro atoms. The Kier molecular flexibility index (Phi) is 3.03. The van der Waals surface area contributed by atoms with Crippen LogP contribution in [-0.2, 0) is 13.1 Å². The third kappa shape index (κ3) is 2.41. The maximum atomic E-state index is 11.9. The zero-order valence-corrected chi connectivity index (χ0v) is 10.1. The van der Waals surface area contributed by atoms with Crippen molar-refractivity contribution in [3.63, 3.8) is 0 Å². The van der Waals surface area contributed by atoms with Gasteiger partial charge in [-0.2, -0.15) is 5.10 Å². The van der Waals surface area contributed by atoms with E-state index in [1.807, 2.05) is 20.0 Å². The van der Waals surface area contributed by atoms with E-state index in [-0.39, 0.29) is 11.7 Å². The fourth-order valence-corrected chi connectivity index (χ4v) is 1.70. The van der Waals surface area contributed by atoms with Gasteiger partial charge in [-0.25, -0.2) is 4.79 Å². The molecule has 0 saturated heterocycles. The third-order valence-corrected chi connectivity index (χ3v) is 2.65. The number of anilines is 1. The topological polar surface area (TPSA) is 70.8 Å². The molecular formula is C11H17N5O. The van der Waals surface area contributed by atoms with E-state index in [1.54, 1.807) is 32.4 Å². The molecule has 0 atom stereocenters. The highest BCUT2D eigenvalue weighted by Crippen LogP contribution is 2.00. The molecule has 2 rings (SSSR count). The van der Waals surface area contributed by atoms with Crippen LogP contribution >= 0.6 is 0 Å². The SMILES string of the molecule is CC(C)n1ccn(CCn2cc(N)cn2)c1=O. The lowest BCUT2D eigenvalue weighted by Gasteiger charge is -2.05. The quantitative estimate of drug-likeness (QED) is 0.848. The molecule has 6 nitrogen and oxygen atoms in total. The molecule has 0 saturated carbocycles. The second-order valence-electron chi connectivity index (χ2n) is 4.31. The fourth-order valence-electron chi connectivity index (χ4n) is 1.70. The van der Waals surface area contributed by atoms with Crippen molar-refractivity contribution in [2.24, 2.45) is 0 Å². The number of hydrogen-bond acceptors (Lipinski definition) is 3. The molecule has 0 bridgehead atoms. The van der Waals surface area contributed by atoms with Crippen molar-refractivity contribution in [3.05, 3.63) is 35.3 Å². The first-order valence-electron chi connectivity index (χ1n) is 5.63. The molecule has 0 radical (unpaired) electrons. The van der Waals surface area contributed by atoms with Crippen molar-refractivity contribution in [1.82, 2.24) is 18.9 Å². The van der Waals surface area contributed by atoms with Gasteiger partial charge in [-0.1, -0.05) is 0 Å². The number of hydrogen-bond donors (Lipinski definition) is 1. The molecule has 0 fully saturated rings. The summed E-state index contributed by atoms with van der Waals surface area (Å²) >= 11 is 0. The van der Waals surface area contributed by atoms with Gasteiger partial charge in [0.15, 0.2) is 0 Å². The van der Waals surface area contributed by atoms with Gasteiger partial charge in [0.25, 0.3) is 0 Å². The summed E-state index contributed by atoms with van der Waals surface area (Å²) in [6.45, 7) is 5.21. The van der Waals surface area contributed by atoms with Crippen LogP contribution in [0.3, 0.4) is 0 Å². The summed E-state index contributed by atoms with van der Waals surface area (Å²) in [6, 6.07) is 0.184. The second-order valence-corrected chi connectivity index (χ2v) is 4.31. The lowest BCUT2D eigenvalue weighted by molar-refractivity contribution is 0.501. The third-order valence-electron chi connectivity index (χ3n) is 2.65. The standard InChI is InChI=1S/C11H17N5O/c1-9(2)16-6-4-14(11(16)17)3-5-15-8-10(12)7-13-15/h4,6-9H,3,5,12H2,1-2H3. The molecule has 0 aliphatic rings. The van der Waals surface area contributed by atoms with E-state index in [9.17, 15) is 4.79 Å². The Balaban J connectivity index is 2.07. The number of rotatable bonds is 4. The molecule has 0 amide bonds. The second kappa shape index (κ2) is 4.48. The molecule has 0 aliphatic heterocycles. The highest BCUT2D eigenvalue weighted by atomic mass is 16.1. The average molecular weight is 235 g/mol. The zero-order chi connectivity index (χ0) is 12.4. The highest BCUT2D eigenvalue weighted by molar-refractivity contribution is 5.30. The van der Waals surface area contributed by atoms with Crippen LogP contribution in [0, 0.1) is 0 Å². The van der Waals surface area contributed by atoms with E-state index in [2.05, 4.69) is 5.10 Å². The number of nitrogens with zero attached hydrogens (tertiary/aromatic N) is 4. The molecule has 2 N–H and O–H groups in total. The molecule has 0 aliphatic carbocycles. The van der Waals surface area contributed by atoms with Gasteiger partial charge in [-0.15, -0.1) is 0 Å². The molecule has 6 heteroatoms. The van der Waals surface area contributed by atoms with Gasteiger partial charge in [0.05, 0.1) is 18.4 Å². The van der Waals surface area contributed by atoms with E-state index in [1.165, 1.54) is 0 Å². The van der Waals surface area contributed by atoms with Crippen molar-refractivity contribution in [3.8, 4) is 0 Å². The molecule has 0 unspecified atom stereocenters. The summed E-state index contributed by atoms with van der Waals surface area (Å²) in [5, 5.41) is 4.07. The largest absolute Gasteiger partial charge is 0.396 e. The predicted molar refractivity (Wildman–Crippen MR) is 65.7 cm³/mol. The van der Waals surface area contributed by atoms with Gasteiger partial charge in [-0.05, 0) is 13.8 Å². The normalized spacial score (nSPS) is 11.2. The Morgan fingerprint density at radius 1 is 1.35 bits per heavy atom. The predicted octanol–water partition coefficient (Wildman–Crippen LogP) is 0.710. The molecule has 2 heterocycles. The number of imidazole rings is 1. The molecule has 17 heavy (non-hydrogen) atoms.